The van der Waals surface area contributed by atoms with Gasteiger partial charge in [-0.2, -0.15) is 0 Å². The smallest absolute Gasteiger partial charge is 0.323 e. The maximum atomic E-state index is 11.5. The van der Waals surface area contributed by atoms with Gasteiger partial charge in [-0.25, -0.2) is 0 Å². The van der Waals surface area contributed by atoms with Crippen LogP contribution in [0.15, 0.2) is 0 Å². The van der Waals surface area contributed by atoms with Crippen molar-refractivity contribution in [1.82, 2.24) is 10.2 Å². The zero-order valence-electron chi connectivity index (χ0n) is 14.3. The van der Waals surface area contributed by atoms with Crippen LogP contribution in [0, 0.1) is 5.92 Å². The number of aliphatic carboxylic acids is 1. The summed E-state index contributed by atoms with van der Waals surface area (Å²) in [6.45, 7) is 11.7. The molecule has 1 heterocycles. The van der Waals surface area contributed by atoms with E-state index in [1.807, 2.05) is 20.8 Å². The molecule has 4 heteroatoms. The second-order valence-electron chi connectivity index (χ2n) is 7.11. The van der Waals surface area contributed by atoms with Crippen LogP contribution in [0.2, 0.25) is 0 Å². The Balaban J connectivity index is 2.29. The number of carboxylic acid groups (broad SMARTS) is 1. The first kappa shape index (κ1) is 18.4. The summed E-state index contributed by atoms with van der Waals surface area (Å²) in [6.07, 6.45) is 6.75. The van der Waals surface area contributed by atoms with E-state index in [0.717, 1.165) is 25.3 Å². The van der Waals surface area contributed by atoms with Crippen LogP contribution in [0.3, 0.4) is 0 Å². The normalized spacial score (nSPS) is 23.2. The summed E-state index contributed by atoms with van der Waals surface area (Å²) in [5, 5.41) is 12.6. The summed E-state index contributed by atoms with van der Waals surface area (Å²) in [5.41, 5.74) is -0.790. The molecule has 0 aromatic rings. The van der Waals surface area contributed by atoms with Gasteiger partial charge in [-0.1, -0.05) is 13.3 Å². The molecule has 1 rings (SSSR count). The van der Waals surface area contributed by atoms with Gasteiger partial charge in [0.15, 0.2) is 0 Å². The van der Waals surface area contributed by atoms with Crippen molar-refractivity contribution in [3.63, 3.8) is 0 Å². The Bertz CT molecular complexity index is 320. The molecule has 0 aromatic carbocycles. The molecule has 2 N–H and O–H groups in total. The summed E-state index contributed by atoms with van der Waals surface area (Å²) in [5.74, 6) is 0.130. The third-order valence-corrected chi connectivity index (χ3v) is 4.66. The number of carbonyl (C=O) groups is 1. The lowest BCUT2D eigenvalue weighted by molar-refractivity contribution is -0.144. The molecular formula is C17H34N2O2. The van der Waals surface area contributed by atoms with E-state index < -0.39 is 11.5 Å². The fourth-order valence-corrected chi connectivity index (χ4v) is 3.38. The van der Waals surface area contributed by atoms with E-state index in [9.17, 15) is 9.90 Å². The van der Waals surface area contributed by atoms with Gasteiger partial charge >= 0.3 is 5.97 Å². The first-order valence-corrected chi connectivity index (χ1v) is 8.61. The van der Waals surface area contributed by atoms with E-state index in [-0.39, 0.29) is 6.04 Å². The minimum Gasteiger partial charge on any atom is -0.480 e. The van der Waals surface area contributed by atoms with Crippen molar-refractivity contribution in [3.05, 3.63) is 0 Å². The second-order valence-corrected chi connectivity index (χ2v) is 7.11. The molecule has 0 amide bonds. The summed E-state index contributed by atoms with van der Waals surface area (Å²) < 4.78 is 0. The highest BCUT2D eigenvalue weighted by molar-refractivity contribution is 5.78. The summed E-state index contributed by atoms with van der Waals surface area (Å²) in [4.78, 5) is 14.0. The quantitative estimate of drug-likeness (QED) is 0.642. The van der Waals surface area contributed by atoms with Gasteiger partial charge in [-0.05, 0) is 71.9 Å². The highest BCUT2D eigenvalue weighted by atomic mass is 16.4. The van der Waals surface area contributed by atoms with E-state index in [0.29, 0.717) is 6.42 Å². The molecule has 1 aliphatic rings. The first-order chi connectivity index (χ1) is 9.87. The Labute approximate surface area is 130 Å². The molecule has 0 aromatic heterocycles. The van der Waals surface area contributed by atoms with Crippen LogP contribution in [0.4, 0.5) is 0 Å². The fourth-order valence-electron chi connectivity index (χ4n) is 3.38. The van der Waals surface area contributed by atoms with Crippen molar-refractivity contribution >= 4 is 5.97 Å². The maximum absolute atomic E-state index is 11.5. The predicted octanol–water partition coefficient (Wildman–Crippen LogP) is 3.12. The standard InChI is InChI=1S/C17H34N2O2/c1-5-15-9-8-12-19(13-15)11-7-6-10-17(4,16(20)21)18-14(2)3/h14-15,18H,5-13H2,1-4H3,(H,20,21). The van der Waals surface area contributed by atoms with Gasteiger partial charge in [0.1, 0.15) is 5.54 Å². The molecule has 0 radical (unpaired) electrons. The lowest BCUT2D eigenvalue weighted by Gasteiger charge is -2.33. The highest BCUT2D eigenvalue weighted by Crippen LogP contribution is 2.20. The van der Waals surface area contributed by atoms with Gasteiger partial charge in [0.05, 0.1) is 0 Å². The third kappa shape index (κ3) is 6.35. The van der Waals surface area contributed by atoms with Gasteiger partial charge in [0.2, 0.25) is 0 Å². The number of nitrogens with one attached hydrogen (secondary N) is 1. The van der Waals surface area contributed by atoms with Gasteiger partial charge < -0.3 is 10.0 Å². The minimum atomic E-state index is -0.790. The number of carboxylic acids is 1. The number of piperidine rings is 1. The van der Waals surface area contributed by atoms with Gasteiger partial charge in [-0.15, -0.1) is 0 Å². The molecule has 1 fully saturated rings. The van der Waals surface area contributed by atoms with Crippen LogP contribution >= 0.6 is 0 Å². The van der Waals surface area contributed by atoms with Crippen molar-refractivity contribution in [2.24, 2.45) is 5.92 Å². The lowest BCUT2D eigenvalue weighted by atomic mass is 9.93. The summed E-state index contributed by atoms with van der Waals surface area (Å²) >= 11 is 0. The predicted molar refractivity (Wildman–Crippen MR) is 87.6 cm³/mol. The van der Waals surface area contributed by atoms with Crippen molar-refractivity contribution in [2.45, 2.75) is 77.8 Å². The molecule has 0 spiro atoms. The molecule has 0 bridgehead atoms. The largest absolute Gasteiger partial charge is 0.480 e. The Kier molecular flexibility index (Phi) is 7.67. The Hall–Kier alpha value is -0.610. The monoisotopic (exact) mass is 298 g/mol. The molecule has 124 valence electrons. The van der Waals surface area contributed by atoms with Crippen molar-refractivity contribution in [2.75, 3.05) is 19.6 Å². The fraction of sp³-hybridized carbons (Fsp3) is 0.941. The van der Waals surface area contributed by atoms with Gasteiger partial charge in [0, 0.05) is 12.6 Å². The van der Waals surface area contributed by atoms with Gasteiger partial charge in [0.25, 0.3) is 0 Å². The molecule has 0 aliphatic carbocycles. The molecule has 4 nitrogen and oxygen atoms in total. The molecular weight excluding hydrogens is 264 g/mol. The number of unbranched alkanes of at least 4 members (excludes halogenated alkanes) is 1. The van der Waals surface area contributed by atoms with Crippen LogP contribution in [0.5, 0.6) is 0 Å². The van der Waals surface area contributed by atoms with E-state index in [2.05, 4.69) is 17.1 Å². The zero-order chi connectivity index (χ0) is 15.9. The van der Waals surface area contributed by atoms with Crippen LogP contribution in [0.1, 0.15) is 66.2 Å². The first-order valence-electron chi connectivity index (χ1n) is 8.61. The number of nitrogens with zero attached hydrogens (tertiary/aromatic N) is 1. The highest BCUT2D eigenvalue weighted by Gasteiger charge is 2.32. The molecule has 2 unspecified atom stereocenters. The van der Waals surface area contributed by atoms with Crippen LogP contribution < -0.4 is 5.32 Å². The molecule has 1 aliphatic heterocycles. The van der Waals surface area contributed by atoms with Crippen molar-refractivity contribution < 1.29 is 9.90 Å². The molecule has 2 atom stereocenters. The summed E-state index contributed by atoms with van der Waals surface area (Å²) in [6, 6.07) is 0.193. The number of hydrogen-bond acceptors (Lipinski definition) is 3. The average Bonchev–Trinajstić information content (AvgIpc) is 2.43. The topological polar surface area (TPSA) is 52.6 Å². The number of rotatable bonds is 9. The van der Waals surface area contributed by atoms with Gasteiger partial charge in [-0.3, -0.25) is 10.1 Å². The Morgan fingerprint density at radius 3 is 2.71 bits per heavy atom. The van der Waals surface area contributed by atoms with E-state index in [4.69, 9.17) is 0 Å². The minimum absolute atomic E-state index is 0.193. The maximum Gasteiger partial charge on any atom is 0.323 e. The van der Waals surface area contributed by atoms with Crippen molar-refractivity contribution in [3.8, 4) is 0 Å². The third-order valence-electron chi connectivity index (χ3n) is 4.66. The number of hydrogen-bond donors (Lipinski definition) is 2. The molecule has 1 saturated heterocycles. The lowest BCUT2D eigenvalue weighted by Crippen LogP contribution is -2.52. The SMILES string of the molecule is CCC1CCCN(CCCCC(C)(NC(C)C)C(=O)O)C1. The second kappa shape index (κ2) is 8.74. The van der Waals surface area contributed by atoms with E-state index in [1.165, 1.54) is 32.4 Å². The van der Waals surface area contributed by atoms with E-state index in [1.54, 1.807) is 0 Å². The van der Waals surface area contributed by atoms with Crippen LogP contribution in [-0.2, 0) is 4.79 Å². The van der Waals surface area contributed by atoms with Crippen molar-refractivity contribution in [1.29, 1.82) is 0 Å². The molecule has 0 saturated carbocycles. The zero-order valence-corrected chi connectivity index (χ0v) is 14.3. The Morgan fingerprint density at radius 2 is 2.14 bits per heavy atom. The number of likely N-dealkylation sites (tertiary alicyclic amines) is 1. The summed E-state index contributed by atoms with van der Waals surface area (Å²) in [7, 11) is 0. The Morgan fingerprint density at radius 1 is 1.43 bits per heavy atom. The average molecular weight is 298 g/mol. The van der Waals surface area contributed by atoms with Crippen LogP contribution in [-0.4, -0.2) is 47.2 Å². The van der Waals surface area contributed by atoms with E-state index >= 15 is 0 Å². The molecule has 21 heavy (non-hydrogen) atoms. The van der Waals surface area contributed by atoms with Crippen LogP contribution in [0.25, 0.3) is 0 Å².